The lowest BCUT2D eigenvalue weighted by atomic mass is 9.88. The highest BCUT2D eigenvalue weighted by molar-refractivity contribution is 6.04. The van der Waals surface area contributed by atoms with E-state index in [9.17, 15) is 9.59 Å². The van der Waals surface area contributed by atoms with Crippen molar-refractivity contribution >= 4 is 34.2 Å². The van der Waals surface area contributed by atoms with Gasteiger partial charge in [0.2, 0.25) is 5.91 Å². The molecule has 1 aliphatic rings. The topological polar surface area (TPSA) is 96.1 Å². The molecule has 0 radical (unpaired) electrons. The molecule has 3 aromatic carbocycles. The number of aromatic nitrogens is 2. The number of rotatable bonds is 6. The molecule has 0 aliphatic heterocycles. The van der Waals surface area contributed by atoms with Gasteiger partial charge in [-0.1, -0.05) is 19.3 Å². The summed E-state index contributed by atoms with van der Waals surface area (Å²) in [5.74, 6) is 1.46. The molecule has 7 nitrogen and oxygen atoms in total. The monoisotopic (exact) mass is 468 g/mol. The Bertz CT molecular complexity index is 1340. The average Bonchev–Trinajstić information content (AvgIpc) is 3.33. The second-order valence-corrected chi connectivity index (χ2v) is 8.90. The summed E-state index contributed by atoms with van der Waals surface area (Å²) in [5, 5.41) is 5.97. The van der Waals surface area contributed by atoms with E-state index in [2.05, 4.69) is 20.6 Å². The molecule has 0 atom stereocenters. The summed E-state index contributed by atoms with van der Waals surface area (Å²) in [6, 6.07) is 20.2. The van der Waals surface area contributed by atoms with Gasteiger partial charge in [0.05, 0.1) is 18.1 Å². The van der Waals surface area contributed by atoms with E-state index in [1.54, 1.807) is 31.4 Å². The van der Waals surface area contributed by atoms with Crippen molar-refractivity contribution < 1.29 is 14.3 Å². The second-order valence-electron chi connectivity index (χ2n) is 8.90. The van der Waals surface area contributed by atoms with Crippen LogP contribution < -0.4 is 15.4 Å². The lowest BCUT2D eigenvalue weighted by Crippen LogP contribution is -2.24. The summed E-state index contributed by atoms with van der Waals surface area (Å²) in [5.41, 5.74) is 4.61. The number of H-pyrrole nitrogens is 1. The summed E-state index contributed by atoms with van der Waals surface area (Å²) >= 11 is 0. The number of imidazole rings is 1. The molecule has 4 aromatic rings. The SMILES string of the molecule is COc1ccc(C(=O)Nc2ccc(-c3nc4ccc(NC(=O)C5CCCCC5)cc4[nH]3)cc2)cc1. The summed E-state index contributed by atoms with van der Waals surface area (Å²) in [6.45, 7) is 0. The Morgan fingerprint density at radius 3 is 2.31 bits per heavy atom. The Morgan fingerprint density at radius 2 is 1.60 bits per heavy atom. The molecular weight excluding hydrogens is 440 g/mol. The minimum Gasteiger partial charge on any atom is -0.497 e. The third-order valence-electron chi connectivity index (χ3n) is 6.49. The normalized spacial score (nSPS) is 14.0. The van der Waals surface area contributed by atoms with Crippen molar-refractivity contribution in [2.24, 2.45) is 5.92 Å². The predicted molar refractivity (Wildman–Crippen MR) is 138 cm³/mol. The minimum absolute atomic E-state index is 0.107. The maximum Gasteiger partial charge on any atom is 0.255 e. The summed E-state index contributed by atoms with van der Waals surface area (Å²) in [6.07, 6.45) is 5.43. The molecule has 1 fully saturated rings. The number of methoxy groups -OCH3 is 1. The lowest BCUT2D eigenvalue weighted by molar-refractivity contribution is -0.120. The van der Waals surface area contributed by atoms with Crippen molar-refractivity contribution in [1.82, 2.24) is 9.97 Å². The molecule has 35 heavy (non-hydrogen) atoms. The Labute approximate surface area is 203 Å². The van der Waals surface area contributed by atoms with Crippen LogP contribution in [0.3, 0.4) is 0 Å². The number of aromatic amines is 1. The zero-order valence-electron chi connectivity index (χ0n) is 19.6. The van der Waals surface area contributed by atoms with E-state index in [0.29, 0.717) is 17.0 Å². The first-order valence-corrected chi connectivity index (χ1v) is 12.0. The van der Waals surface area contributed by atoms with Crippen LogP contribution in [-0.4, -0.2) is 28.9 Å². The van der Waals surface area contributed by atoms with Crippen molar-refractivity contribution in [2.75, 3.05) is 17.7 Å². The minimum atomic E-state index is -0.188. The van der Waals surface area contributed by atoms with Gasteiger partial charge in [-0.05, 0) is 79.6 Å². The molecule has 1 heterocycles. The van der Waals surface area contributed by atoms with E-state index in [1.807, 2.05) is 42.5 Å². The second kappa shape index (κ2) is 10.0. The average molecular weight is 469 g/mol. The summed E-state index contributed by atoms with van der Waals surface area (Å²) in [4.78, 5) is 33.1. The lowest BCUT2D eigenvalue weighted by Gasteiger charge is -2.20. The number of fused-ring (bicyclic) bond motifs is 1. The quantitative estimate of drug-likeness (QED) is 0.323. The molecule has 178 valence electrons. The van der Waals surface area contributed by atoms with Gasteiger partial charge in [-0.15, -0.1) is 0 Å². The standard InChI is InChI=1S/C28H28N4O3/c1-35-23-14-9-20(10-15-23)28(34)29-21-11-7-18(8-12-21)26-31-24-16-13-22(17-25(24)32-26)30-27(33)19-5-3-2-4-6-19/h7-17,19H,2-6H2,1H3,(H,29,34)(H,30,33)(H,31,32). The molecule has 0 bridgehead atoms. The third-order valence-corrected chi connectivity index (χ3v) is 6.49. The van der Waals surface area contributed by atoms with Crippen molar-refractivity contribution in [3.05, 3.63) is 72.3 Å². The number of nitrogens with one attached hydrogen (secondary N) is 3. The van der Waals surface area contributed by atoms with Gasteiger partial charge in [0.25, 0.3) is 5.91 Å². The van der Waals surface area contributed by atoms with E-state index >= 15 is 0 Å². The van der Waals surface area contributed by atoms with Crippen molar-refractivity contribution in [2.45, 2.75) is 32.1 Å². The summed E-state index contributed by atoms with van der Waals surface area (Å²) < 4.78 is 5.13. The molecule has 3 N–H and O–H groups in total. The molecule has 1 saturated carbocycles. The molecule has 5 rings (SSSR count). The van der Waals surface area contributed by atoms with Crippen LogP contribution in [0.1, 0.15) is 42.5 Å². The van der Waals surface area contributed by atoms with E-state index in [1.165, 1.54) is 6.42 Å². The van der Waals surface area contributed by atoms with Gasteiger partial charge >= 0.3 is 0 Å². The van der Waals surface area contributed by atoms with E-state index in [4.69, 9.17) is 4.74 Å². The number of amides is 2. The Kier molecular flexibility index (Phi) is 6.48. The number of hydrogen-bond donors (Lipinski definition) is 3. The number of carbonyl (C=O) groups is 2. The number of ether oxygens (including phenoxy) is 1. The fourth-order valence-corrected chi connectivity index (χ4v) is 4.49. The Hall–Kier alpha value is -4.13. The summed E-state index contributed by atoms with van der Waals surface area (Å²) in [7, 11) is 1.59. The molecule has 0 spiro atoms. The fraction of sp³-hybridized carbons (Fsp3) is 0.250. The van der Waals surface area contributed by atoms with Gasteiger partial charge in [-0.25, -0.2) is 4.98 Å². The van der Waals surface area contributed by atoms with Crippen LogP contribution >= 0.6 is 0 Å². The Balaban J connectivity index is 1.26. The number of hydrogen-bond acceptors (Lipinski definition) is 4. The number of anilines is 2. The van der Waals surface area contributed by atoms with Crippen LogP contribution in [0.15, 0.2) is 66.7 Å². The van der Waals surface area contributed by atoms with Gasteiger partial charge in [0.15, 0.2) is 0 Å². The van der Waals surface area contributed by atoms with E-state index < -0.39 is 0 Å². The van der Waals surface area contributed by atoms with Crippen LogP contribution in [0.4, 0.5) is 11.4 Å². The molecule has 1 aliphatic carbocycles. The molecule has 0 unspecified atom stereocenters. The van der Waals surface area contributed by atoms with Crippen LogP contribution in [0.2, 0.25) is 0 Å². The number of nitrogens with zero attached hydrogens (tertiary/aromatic N) is 1. The first-order chi connectivity index (χ1) is 17.1. The zero-order valence-corrected chi connectivity index (χ0v) is 19.6. The van der Waals surface area contributed by atoms with Gasteiger partial charge in [0, 0.05) is 28.4 Å². The molecular formula is C28H28N4O3. The maximum atomic E-state index is 12.6. The highest BCUT2D eigenvalue weighted by Gasteiger charge is 2.21. The van der Waals surface area contributed by atoms with Crippen LogP contribution in [-0.2, 0) is 4.79 Å². The zero-order chi connectivity index (χ0) is 24.2. The van der Waals surface area contributed by atoms with Gasteiger partial charge in [-0.3, -0.25) is 9.59 Å². The maximum absolute atomic E-state index is 12.6. The largest absolute Gasteiger partial charge is 0.497 e. The first kappa shape index (κ1) is 22.7. The van der Waals surface area contributed by atoms with Gasteiger partial charge < -0.3 is 20.4 Å². The fourth-order valence-electron chi connectivity index (χ4n) is 4.49. The highest BCUT2D eigenvalue weighted by Crippen LogP contribution is 2.27. The molecule has 0 saturated heterocycles. The highest BCUT2D eigenvalue weighted by atomic mass is 16.5. The Morgan fingerprint density at radius 1 is 0.886 bits per heavy atom. The van der Waals surface area contributed by atoms with Crippen LogP contribution in [0.5, 0.6) is 5.75 Å². The number of benzene rings is 3. The van der Waals surface area contributed by atoms with Gasteiger partial charge in [-0.2, -0.15) is 0 Å². The molecule has 2 amide bonds. The molecule has 1 aromatic heterocycles. The van der Waals surface area contributed by atoms with Crippen LogP contribution in [0.25, 0.3) is 22.4 Å². The van der Waals surface area contributed by atoms with E-state index in [-0.39, 0.29) is 17.7 Å². The van der Waals surface area contributed by atoms with E-state index in [0.717, 1.165) is 53.8 Å². The van der Waals surface area contributed by atoms with Crippen LogP contribution in [0, 0.1) is 5.92 Å². The predicted octanol–water partition coefficient (Wildman–Crippen LogP) is 6.01. The van der Waals surface area contributed by atoms with Crippen molar-refractivity contribution in [1.29, 1.82) is 0 Å². The van der Waals surface area contributed by atoms with Crippen molar-refractivity contribution in [3.63, 3.8) is 0 Å². The smallest absolute Gasteiger partial charge is 0.255 e. The first-order valence-electron chi connectivity index (χ1n) is 12.0. The van der Waals surface area contributed by atoms with Gasteiger partial charge in [0.1, 0.15) is 11.6 Å². The third kappa shape index (κ3) is 5.19. The molecule has 7 heteroatoms. The van der Waals surface area contributed by atoms with Crippen molar-refractivity contribution in [3.8, 4) is 17.1 Å². The number of carbonyl (C=O) groups excluding carboxylic acids is 2.